The number of hydrogen-bond donors (Lipinski definition) is 0. The Morgan fingerprint density at radius 1 is 1.12 bits per heavy atom. The number of alkyl halides is 5. The molecule has 1 saturated heterocycles. The maximum absolute atomic E-state index is 12.9. The first kappa shape index (κ1) is 29.0. The Hall–Kier alpha value is -4.53. The number of hydrogen-bond acceptors (Lipinski definition) is 8. The van der Waals surface area contributed by atoms with E-state index in [1.54, 1.807) is 6.07 Å². The van der Waals surface area contributed by atoms with E-state index in [4.69, 9.17) is 0 Å². The van der Waals surface area contributed by atoms with E-state index in [-0.39, 0.29) is 40.6 Å². The molecular formula is C27H21F5N6O3S. The molecule has 15 heteroatoms. The zero-order valence-corrected chi connectivity index (χ0v) is 22.3. The summed E-state index contributed by atoms with van der Waals surface area (Å²) in [4.78, 5) is 18.2. The molecule has 1 amide bonds. The van der Waals surface area contributed by atoms with Crippen molar-refractivity contribution >= 4 is 34.7 Å². The first-order valence-corrected chi connectivity index (χ1v) is 13.4. The minimum Gasteiger partial charge on any atom is -0.433 e. The maximum Gasteiger partial charge on any atom is 0.573 e. The van der Waals surface area contributed by atoms with Crippen LogP contribution in [0.3, 0.4) is 0 Å². The Morgan fingerprint density at radius 2 is 1.90 bits per heavy atom. The lowest BCUT2D eigenvalue weighted by atomic mass is 9.96. The van der Waals surface area contributed by atoms with Gasteiger partial charge in [-0.1, -0.05) is 42.1 Å². The highest BCUT2D eigenvalue weighted by atomic mass is 32.2. The van der Waals surface area contributed by atoms with Gasteiger partial charge in [-0.15, -0.1) is 18.3 Å². The molecule has 1 aliphatic heterocycles. The first-order valence-electron chi connectivity index (χ1n) is 12.4. The average molecular weight is 605 g/mol. The highest BCUT2D eigenvalue weighted by Gasteiger charge is 2.31. The third-order valence-corrected chi connectivity index (χ3v) is 6.90. The Balaban J connectivity index is 1.24. The van der Waals surface area contributed by atoms with Crippen LogP contribution in [0.2, 0.25) is 0 Å². The molecular weight excluding hydrogens is 583 g/mol. The van der Waals surface area contributed by atoms with Crippen LogP contribution >= 0.6 is 11.8 Å². The molecule has 1 fully saturated rings. The summed E-state index contributed by atoms with van der Waals surface area (Å²) in [6.45, 7) is -3.05. The first-order chi connectivity index (χ1) is 20.2. The van der Waals surface area contributed by atoms with Gasteiger partial charge in [-0.25, -0.2) is 9.67 Å². The average Bonchev–Trinajstić information content (AvgIpc) is 3.44. The number of anilines is 1. The largest absolute Gasteiger partial charge is 0.573 e. The summed E-state index contributed by atoms with van der Waals surface area (Å²) in [6, 6.07) is 11.3. The van der Waals surface area contributed by atoms with Crippen LogP contribution in [-0.4, -0.2) is 50.8 Å². The predicted molar refractivity (Wildman–Crippen MR) is 146 cm³/mol. The number of ether oxygens (including phenoxy) is 2. The molecule has 42 heavy (non-hydrogen) atoms. The molecule has 0 saturated carbocycles. The van der Waals surface area contributed by atoms with Crippen molar-refractivity contribution in [3.63, 3.8) is 0 Å². The van der Waals surface area contributed by atoms with E-state index in [0.717, 1.165) is 5.57 Å². The molecule has 2 heterocycles. The molecule has 218 valence electrons. The monoisotopic (exact) mass is 604 g/mol. The molecule has 1 aliphatic carbocycles. The number of nitrogens with zero attached hydrogens (tertiary/aromatic N) is 6. The van der Waals surface area contributed by atoms with Gasteiger partial charge >= 0.3 is 13.0 Å². The van der Waals surface area contributed by atoms with Gasteiger partial charge in [0.05, 0.1) is 17.6 Å². The zero-order valence-electron chi connectivity index (χ0n) is 21.5. The van der Waals surface area contributed by atoms with Crippen molar-refractivity contribution < 1.29 is 36.2 Å². The van der Waals surface area contributed by atoms with Gasteiger partial charge in [0.1, 0.15) is 17.8 Å². The van der Waals surface area contributed by atoms with Crippen molar-refractivity contribution in [3.8, 4) is 17.2 Å². The topological polar surface area (TPSA) is 94.2 Å². The quantitative estimate of drug-likeness (QED) is 0.172. The van der Waals surface area contributed by atoms with Gasteiger partial charge in [-0.05, 0) is 48.4 Å². The van der Waals surface area contributed by atoms with Crippen LogP contribution in [0.5, 0.6) is 11.5 Å². The van der Waals surface area contributed by atoms with E-state index < -0.39 is 13.0 Å². The summed E-state index contributed by atoms with van der Waals surface area (Å²) in [5.74, 6) is 0.0513. The van der Waals surface area contributed by atoms with E-state index in [2.05, 4.69) is 29.8 Å². The molecule has 5 rings (SSSR count). The highest BCUT2D eigenvalue weighted by Crippen LogP contribution is 2.34. The van der Waals surface area contributed by atoms with Gasteiger partial charge in [0.25, 0.3) is 0 Å². The van der Waals surface area contributed by atoms with Crippen molar-refractivity contribution in [3.05, 3.63) is 84.5 Å². The van der Waals surface area contributed by atoms with Crippen molar-refractivity contribution in [2.24, 2.45) is 10.2 Å². The summed E-state index contributed by atoms with van der Waals surface area (Å²) in [6.07, 6.45) is 4.56. The molecule has 1 aromatic heterocycles. The summed E-state index contributed by atoms with van der Waals surface area (Å²) in [5, 5.41) is 13.0. The number of halogens is 5. The molecule has 2 aliphatic rings. The van der Waals surface area contributed by atoms with Crippen LogP contribution in [0.15, 0.2) is 88.9 Å². The van der Waals surface area contributed by atoms with Crippen molar-refractivity contribution in [2.75, 3.05) is 10.7 Å². The van der Waals surface area contributed by atoms with Gasteiger partial charge in [0, 0.05) is 18.1 Å². The summed E-state index contributed by atoms with van der Waals surface area (Å²) >= 11 is 1.27. The molecule has 0 radical (unpaired) electrons. The van der Waals surface area contributed by atoms with Crippen molar-refractivity contribution in [1.29, 1.82) is 0 Å². The molecule has 2 aromatic carbocycles. The second kappa shape index (κ2) is 12.5. The maximum atomic E-state index is 12.9. The number of amides is 1. The number of thioether (sulfide) groups is 1. The molecule has 9 nitrogen and oxygen atoms in total. The normalized spacial score (nSPS) is 18.7. The summed E-state index contributed by atoms with van der Waals surface area (Å²) in [7, 11) is 0. The number of amidine groups is 1. The fraction of sp³-hybridized carbons (Fsp3) is 0.222. The van der Waals surface area contributed by atoms with E-state index >= 15 is 0 Å². The zero-order chi connectivity index (χ0) is 29.7. The second-order valence-electron chi connectivity index (χ2n) is 8.80. The summed E-state index contributed by atoms with van der Waals surface area (Å²) < 4.78 is 72.9. The lowest BCUT2D eigenvalue weighted by molar-refractivity contribution is -0.274. The van der Waals surface area contributed by atoms with Gasteiger partial charge in [0.15, 0.2) is 11.0 Å². The number of para-hydroxylation sites is 2. The minimum absolute atomic E-state index is 0.143. The smallest absolute Gasteiger partial charge is 0.433 e. The molecule has 0 N–H and O–H groups in total. The highest BCUT2D eigenvalue weighted by molar-refractivity contribution is 8.14. The Kier molecular flexibility index (Phi) is 8.66. The van der Waals surface area contributed by atoms with Crippen LogP contribution in [0.4, 0.5) is 27.6 Å². The van der Waals surface area contributed by atoms with E-state index in [9.17, 15) is 26.7 Å². The van der Waals surface area contributed by atoms with Crippen LogP contribution in [0.1, 0.15) is 24.6 Å². The SMILES string of the molecule is O=C1CCS/C(=N\N=C\C2=CCC(c3ncn(-c4ccc(OC(F)(F)F)cc4)n3)C=C2)N1c1ccccc1OC(F)F. The molecule has 0 bridgehead atoms. The minimum atomic E-state index is -4.77. The molecule has 3 aromatic rings. The fourth-order valence-electron chi connectivity index (χ4n) is 4.10. The number of aromatic nitrogens is 3. The third-order valence-electron chi connectivity index (χ3n) is 5.96. The second-order valence-corrected chi connectivity index (χ2v) is 9.86. The van der Waals surface area contributed by atoms with Crippen molar-refractivity contribution in [1.82, 2.24) is 14.8 Å². The number of carbonyl (C=O) groups is 1. The fourth-order valence-corrected chi connectivity index (χ4v) is 4.99. The molecule has 0 spiro atoms. The standard InChI is InChI=1S/C27H21F5N6O3S/c28-25(29)40-22-4-2-1-3-21(22)38-23(39)13-14-42-26(38)35-34-15-17-5-7-18(8-6-17)24-33-16-37(36-24)19-9-11-20(12-10-19)41-27(30,31)32/h1-7,9-12,15-16,18,25H,8,13-14H2/b34-15+,35-26-. The van der Waals surface area contributed by atoms with E-state index in [1.165, 1.54) is 76.4 Å². The van der Waals surface area contributed by atoms with Gasteiger partial charge in [0.2, 0.25) is 5.91 Å². The number of benzene rings is 2. The lowest BCUT2D eigenvalue weighted by Gasteiger charge is -2.28. The number of allylic oxidation sites excluding steroid dienone is 4. The molecule has 1 atom stereocenters. The summed E-state index contributed by atoms with van der Waals surface area (Å²) in [5.41, 5.74) is 1.42. The van der Waals surface area contributed by atoms with E-state index in [1.807, 2.05) is 18.2 Å². The van der Waals surface area contributed by atoms with Crippen molar-refractivity contribution in [2.45, 2.75) is 31.7 Å². The van der Waals surface area contributed by atoms with Gasteiger partial charge < -0.3 is 9.47 Å². The van der Waals surface area contributed by atoms with Crippen LogP contribution < -0.4 is 14.4 Å². The number of carbonyl (C=O) groups excluding carboxylic acids is 1. The van der Waals surface area contributed by atoms with Gasteiger partial charge in [-0.3, -0.25) is 9.69 Å². The Labute approximate surface area is 240 Å². The van der Waals surface area contributed by atoms with Crippen LogP contribution in [-0.2, 0) is 4.79 Å². The third kappa shape index (κ3) is 7.21. The van der Waals surface area contributed by atoms with E-state index in [0.29, 0.717) is 23.7 Å². The predicted octanol–water partition coefficient (Wildman–Crippen LogP) is 6.25. The van der Waals surface area contributed by atoms with Crippen LogP contribution in [0, 0.1) is 0 Å². The van der Waals surface area contributed by atoms with Gasteiger partial charge in [-0.2, -0.15) is 19.0 Å². The number of rotatable bonds is 8. The Morgan fingerprint density at radius 3 is 2.62 bits per heavy atom. The lowest BCUT2D eigenvalue weighted by Crippen LogP contribution is -2.39. The Bertz CT molecular complexity index is 1550. The van der Waals surface area contributed by atoms with Crippen LogP contribution in [0.25, 0.3) is 5.69 Å². The molecule has 1 unspecified atom stereocenters.